The summed E-state index contributed by atoms with van der Waals surface area (Å²) in [4.78, 5) is 22.9. The Morgan fingerprint density at radius 3 is 2.75 bits per heavy atom. The molecule has 0 bridgehead atoms. The van der Waals surface area contributed by atoms with Gasteiger partial charge in [-0.15, -0.1) is 0 Å². The van der Waals surface area contributed by atoms with Gasteiger partial charge in [-0.2, -0.15) is 5.10 Å². The number of carbonyl (C=O) groups is 1. The molecule has 0 aliphatic carbocycles. The van der Waals surface area contributed by atoms with Gasteiger partial charge in [-0.25, -0.2) is 0 Å². The molecule has 0 atom stereocenters. The van der Waals surface area contributed by atoms with Gasteiger partial charge in [0, 0.05) is 19.1 Å². The highest BCUT2D eigenvalue weighted by Crippen LogP contribution is 2.28. The van der Waals surface area contributed by atoms with Crippen LogP contribution in [0.1, 0.15) is 26.7 Å². The molecular formula is C15H25N5O4. The van der Waals surface area contributed by atoms with Gasteiger partial charge >= 0.3 is 5.69 Å². The van der Waals surface area contributed by atoms with Crippen LogP contribution < -0.4 is 10.6 Å². The number of nitro groups is 1. The Morgan fingerprint density at radius 2 is 2.21 bits per heavy atom. The number of ether oxygens (including phenoxy) is 1. The van der Waals surface area contributed by atoms with Crippen LogP contribution in [-0.4, -0.2) is 54.0 Å². The van der Waals surface area contributed by atoms with Crippen molar-refractivity contribution in [1.29, 1.82) is 0 Å². The summed E-state index contributed by atoms with van der Waals surface area (Å²) in [6.07, 6.45) is 4.27. The minimum Gasteiger partial charge on any atom is -0.384 e. The van der Waals surface area contributed by atoms with Crippen LogP contribution in [0.15, 0.2) is 12.4 Å². The van der Waals surface area contributed by atoms with Crippen molar-refractivity contribution in [3.05, 3.63) is 22.5 Å². The predicted molar refractivity (Wildman–Crippen MR) is 87.6 cm³/mol. The number of piperidine rings is 1. The molecule has 2 rings (SSSR count). The second-order valence-corrected chi connectivity index (χ2v) is 6.82. The van der Waals surface area contributed by atoms with Crippen LogP contribution in [-0.2, 0) is 15.1 Å². The first-order valence-corrected chi connectivity index (χ1v) is 7.98. The first-order valence-electron chi connectivity index (χ1n) is 7.98. The molecule has 0 aromatic carbocycles. The van der Waals surface area contributed by atoms with E-state index < -0.39 is 10.5 Å². The van der Waals surface area contributed by atoms with E-state index in [-0.39, 0.29) is 17.0 Å². The van der Waals surface area contributed by atoms with E-state index >= 15 is 0 Å². The Balaban J connectivity index is 2.04. The number of hydrogen-bond acceptors (Lipinski definition) is 6. The minimum absolute atomic E-state index is 0.0815. The quantitative estimate of drug-likeness (QED) is 0.557. The number of carbonyl (C=O) groups excluding carboxylic acids is 1. The number of nitrogens with one attached hydrogen (secondary N) is 2. The molecule has 2 heterocycles. The molecule has 1 saturated heterocycles. The Kier molecular flexibility index (Phi) is 5.55. The first kappa shape index (κ1) is 18.3. The van der Waals surface area contributed by atoms with Crippen molar-refractivity contribution in [2.24, 2.45) is 5.41 Å². The number of amides is 1. The number of nitrogens with zero attached hydrogens (tertiary/aromatic N) is 3. The predicted octanol–water partition coefficient (Wildman–Crippen LogP) is 0.659. The fourth-order valence-electron chi connectivity index (χ4n) is 2.94. The molecule has 9 nitrogen and oxygen atoms in total. The van der Waals surface area contributed by atoms with Crippen molar-refractivity contribution < 1.29 is 14.5 Å². The van der Waals surface area contributed by atoms with E-state index in [1.54, 1.807) is 21.0 Å². The van der Waals surface area contributed by atoms with Gasteiger partial charge in [0.05, 0.1) is 11.5 Å². The summed E-state index contributed by atoms with van der Waals surface area (Å²) in [5, 5.41) is 21.0. The molecule has 0 radical (unpaired) electrons. The third kappa shape index (κ3) is 3.90. The maximum Gasteiger partial charge on any atom is 0.307 e. The van der Waals surface area contributed by atoms with Crippen LogP contribution in [0.25, 0.3) is 0 Å². The maximum atomic E-state index is 12.6. The Hall–Kier alpha value is -2.00. The van der Waals surface area contributed by atoms with Gasteiger partial charge in [0.15, 0.2) is 0 Å². The fourth-order valence-corrected chi connectivity index (χ4v) is 2.94. The maximum absolute atomic E-state index is 12.6. The van der Waals surface area contributed by atoms with Crippen LogP contribution in [0.4, 0.5) is 5.69 Å². The number of rotatable bonds is 7. The SMILES string of the molecule is COCC1(CNC(=O)C(C)(C)n2cc([N+](=O)[O-])cn2)CCNCC1. The Bertz CT molecular complexity index is 587. The monoisotopic (exact) mass is 339 g/mol. The summed E-state index contributed by atoms with van der Waals surface area (Å²) in [6.45, 7) is 6.26. The summed E-state index contributed by atoms with van der Waals surface area (Å²) in [7, 11) is 1.67. The van der Waals surface area contributed by atoms with Crippen LogP contribution >= 0.6 is 0 Å². The van der Waals surface area contributed by atoms with Crippen LogP contribution in [0.5, 0.6) is 0 Å². The van der Waals surface area contributed by atoms with Gasteiger partial charge in [0.25, 0.3) is 0 Å². The summed E-state index contributed by atoms with van der Waals surface area (Å²) in [5.74, 6) is -0.227. The standard InChI is InChI=1S/C15H25N5O4/c1-14(2,19-9-12(8-18-19)20(22)23)13(21)17-10-15(11-24-3)4-6-16-7-5-15/h8-9,16H,4-7,10-11H2,1-3H3,(H,17,21). The average Bonchev–Trinajstić information content (AvgIpc) is 3.05. The lowest BCUT2D eigenvalue weighted by atomic mass is 9.79. The summed E-state index contributed by atoms with van der Waals surface area (Å²) in [6, 6.07) is 0. The molecule has 1 fully saturated rings. The molecule has 0 unspecified atom stereocenters. The summed E-state index contributed by atoms with van der Waals surface area (Å²) >= 11 is 0. The second-order valence-electron chi connectivity index (χ2n) is 6.82. The Morgan fingerprint density at radius 1 is 1.54 bits per heavy atom. The molecule has 24 heavy (non-hydrogen) atoms. The van der Waals surface area contributed by atoms with Crippen LogP contribution in [0, 0.1) is 15.5 Å². The third-order valence-electron chi connectivity index (χ3n) is 4.65. The van der Waals surface area contributed by atoms with Crippen molar-refractivity contribution in [2.45, 2.75) is 32.2 Å². The zero-order chi connectivity index (χ0) is 17.8. The van der Waals surface area contributed by atoms with E-state index in [2.05, 4.69) is 15.7 Å². The molecule has 1 aliphatic heterocycles. The molecule has 0 spiro atoms. The van der Waals surface area contributed by atoms with Gasteiger partial charge in [0.1, 0.15) is 17.9 Å². The number of aromatic nitrogens is 2. The van der Waals surface area contributed by atoms with E-state index in [9.17, 15) is 14.9 Å². The minimum atomic E-state index is -1.02. The van der Waals surface area contributed by atoms with E-state index in [1.165, 1.54) is 10.9 Å². The zero-order valence-corrected chi connectivity index (χ0v) is 14.4. The number of hydrogen-bond donors (Lipinski definition) is 2. The first-order chi connectivity index (χ1) is 11.3. The Labute approximate surface area is 140 Å². The van der Waals surface area contributed by atoms with Gasteiger partial charge in [-0.3, -0.25) is 19.6 Å². The normalized spacial score (nSPS) is 17.5. The van der Waals surface area contributed by atoms with E-state index in [0.717, 1.165) is 32.1 Å². The smallest absolute Gasteiger partial charge is 0.307 e. The van der Waals surface area contributed by atoms with Crippen molar-refractivity contribution in [3.63, 3.8) is 0 Å². The largest absolute Gasteiger partial charge is 0.384 e. The van der Waals surface area contributed by atoms with E-state index in [4.69, 9.17) is 4.74 Å². The molecule has 9 heteroatoms. The van der Waals surface area contributed by atoms with Gasteiger partial charge in [-0.05, 0) is 39.8 Å². The lowest BCUT2D eigenvalue weighted by molar-refractivity contribution is -0.385. The zero-order valence-electron chi connectivity index (χ0n) is 14.4. The van der Waals surface area contributed by atoms with Gasteiger partial charge < -0.3 is 15.4 Å². The highest BCUT2D eigenvalue weighted by molar-refractivity contribution is 5.83. The molecule has 1 aromatic rings. The topological polar surface area (TPSA) is 111 Å². The summed E-state index contributed by atoms with van der Waals surface area (Å²) < 4.78 is 6.67. The molecule has 1 amide bonds. The third-order valence-corrected chi connectivity index (χ3v) is 4.65. The molecule has 134 valence electrons. The summed E-state index contributed by atoms with van der Waals surface area (Å²) in [5.41, 5.74) is -1.23. The average molecular weight is 339 g/mol. The highest BCUT2D eigenvalue weighted by atomic mass is 16.6. The highest BCUT2D eigenvalue weighted by Gasteiger charge is 2.36. The second kappa shape index (κ2) is 7.27. The van der Waals surface area contributed by atoms with Crippen LogP contribution in [0.2, 0.25) is 0 Å². The lowest BCUT2D eigenvalue weighted by Crippen LogP contribution is -2.51. The molecular weight excluding hydrogens is 314 g/mol. The van der Waals surface area contributed by atoms with E-state index in [1.807, 2.05) is 0 Å². The number of methoxy groups -OCH3 is 1. The molecule has 1 aromatic heterocycles. The van der Waals surface area contributed by atoms with Crippen molar-refractivity contribution in [1.82, 2.24) is 20.4 Å². The van der Waals surface area contributed by atoms with Gasteiger partial charge in [-0.1, -0.05) is 0 Å². The van der Waals surface area contributed by atoms with E-state index in [0.29, 0.717) is 13.2 Å². The lowest BCUT2D eigenvalue weighted by Gasteiger charge is -2.38. The molecule has 0 saturated carbocycles. The van der Waals surface area contributed by atoms with Gasteiger partial charge in [0.2, 0.25) is 5.91 Å². The fraction of sp³-hybridized carbons (Fsp3) is 0.733. The van der Waals surface area contributed by atoms with Crippen molar-refractivity contribution >= 4 is 11.6 Å². The molecule has 1 aliphatic rings. The molecule has 2 N–H and O–H groups in total. The van der Waals surface area contributed by atoms with Crippen LogP contribution in [0.3, 0.4) is 0 Å². The van der Waals surface area contributed by atoms with Crippen molar-refractivity contribution in [3.8, 4) is 0 Å². The van der Waals surface area contributed by atoms with Crippen molar-refractivity contribution in [2.75, 3.05) is 33.4 Å².